The first-order chi connectivity index (χ1) is 22.7. The maximum absolute atomic E-state index is 14.5. The number of nitrogens with one attached hydrogen (secondary N) is 3. The fourth-order valence-corrected chi connectivity index (χ4v) is 7.67. The molecule has 0 spiro atoms. The minimum absolute atomic E-state index is 0.0399. The molecule has 4 fully saturated rings. The number of ketones is 1. The standard InChI is InChI=1S/C37H60N6O6/c1-11-15-38-32(47)29(45)25(18-22-13-14-22)39-31(46)28-27-24(37(27,8)9)21-43(28)33(48)30(36(5,6)7)40-26(44)19-23(35(2,3)4)20-42-17-12-16-41(10)34(42)49/h11,22-25,27-28,30H,1,12-21H2,2-10H3,(H,38,47)(H,39,46)(H,40,44)/t23-,24+,25?,27+,28+,30-/m1/s1. The summed E-state index contributed by atoms with van der Waals surface area (Å²) in [6, 6.07) is -2.76. The molecule has 6 atom stereocenters. The molecule has 4 rings (SSSR count). The molecule has 12 heteroatoms. The van der Waals surface area contributed by atoms with Crippen LogP contribution in [0.25, 0.3) is 0 Å². The monoisotopic (exact) mass is 684 g/mol. The van der Waals surface area contributed by atoms with Gasteiger partial charge in [-0.2, -0.15) is 0 Å². The van der Waals surface area contributed by atoms with Crippen LogP contribution >= 0.6 is 0 Å². The van der Waals surface area contributed by atoms with E-state index in [0.29, 0.717) is 32.6 Å². The van der Waals surface area contributed by atoms with Gasteiger partial charge in [0.2, 0.25) is 23.5 Å². The molecule has 0 aromatic carbocycles. The van der Waals surface area contributed by atoms with E-state index in [1.807, 2.05) is 25.7 Å². The second-order valence-electron chi connectivity index (χ2n) is 17.6. The van der Waals surface area contributed by atoms with E-state index in [1.165, 1.54) is 6.08 Å². The molecule has 0 aromatic heterocycles. The Hall–Kier alpha value is -3.44. The summed E-state index contributed by atoms with van der Waals surface area (Å²) in [5.41, 5.74) is -1.13. The van der Waals surface area contributed by atoms with Crippen molar-refractivity contribution in [2.75, 3.05) is 39.8 Å². The topological polar surface area (TPSA) is 148 Å². The lowest BCUT2D eigenvalue weighted by atomic mass is 9.77. The lowest BCUT2D eigenvalue weighted by Gasteiger charge is -2.40. The van der Waals surface area contributed by atoms with Gasteiger partial charge in [-0.1, -0.05) is 74.3 Å². The van der Waals surface area contributed by atoms with Crippen LogP contribution in [0.3, 0.4) is 0 Å². The maximum atomic E-state index is 14.5. The van der Waals surface area contributed by atoms with Crippen molar-refractivity contribution >= 4 is 35.4 Å². The molecule has 2 aliphatic heterocycles. The lowest BCUT2D eigenvalue weighted by Crippen LogP contribution is -2.60. The number of hydrogen-bond donors (Lipinski definition) is 3. The molecule has 2 saturated carbocycles. The Morgan fingerprint density at radius 2 is 1.65 bits per heavy atom. The van der Waals surface area contributed by atoms with Crippen molar-refractivity contribution < 1.29 is 28.8 Å². The molecule has 6 amide bonds. The van der Waals surface area contributed by atoms with Gasteiger partial charge < -0.3 is 30.7 Å². The van der Waals surface area contributed by atoms with E-state index in [9.17, 15) is 28.8 Å². The molecular formula is C37H60N6O6. The van der Waals surface area contributed by atoms with Gasteiger partial charge in [0.05, 0.1) is 6.04 Å². The Labute approximate surface area is 292 Å². The van der Waals surface area contributed by atoms with Gasteiger partial charge in [0.1, 0.15) is 12.1 Å². The number of carbonyl (C=O) groups excluding carboxylic acids is 6. The number of amides is 6. The molecular weight excluding hydrogens is 624 g/mol. The summed E-state index contributed by atoms with van der Waals surface area (Å²) in [5.74, 6) is -2.42. The predicted molar refractivity (Wildman–Crippen MR) is 187 cm³/mol. The zero-order valence-electron chi connectivity index (χ0n) is 31.2. The van der Waals surface area contributed by atoms with Gasteiger partial charge in [0.15, 0.2) is 0 Å². The molecule has 0 aromatic rings. The fourth-order valence-electron chi connectivity index (χ4n) is 7.67. The van der Waals surface area contributed by atoms with Crippen LogP contribution in [0, 0.1) is 39.9 Å². The smallest absolute Gasteiger partial charge is 0.319 e. The highest BCUT2D eigenvalue weighted by Gasteiger charge is 2.70. The van der Waals surface area contributed by atoms with E-state index < -0.39 is 41.1 Å². The Balaban J connectivity index is 1.51. The number of piperidine rings is 1. The average Bonchev–Trinajstić information content (AvgIpc) is 3.85. The normalized spacial score (nSPS) is 25.1. The number of carbonyl (C=O) groups is 6. The number of urea groups is 1. The lowest BCUT2D eigenvalue weighted by molar-refractivity contribution is -0.146. The van der Waals surface area contributed by atoms with Gasteiger partial charge >= 0.3 is 6.03 Å². The van der Waals surface area contributed by atoms with Gasteiger partial charge in [0.25, 0.3) is 5.91 Å². The molecule has 0 bridgehead atoms. The zero-order chi connectivity index (χ0) is 36.6. The number of likely N-dealkylation sites (tertiary alicyclic amines) is 1. The Kier molecular flexibility index (Phi) is 11.3. The summed E-state index contributed by atoms with van der Waals surface area (Å²) in [5, 5.41) is 8.44. The zero-order valence-corrected chi connectivity index (χ0v) is 31.2. The number of Topliss-reactive ketones (excluding diaryl/α,β-unsaturated/α-hetero) is 1. The second kappa shape index (κ2) is 14.4. The van der Waals surface area contributed by atoms with Gasteiger partial charge in [-0.25, -0.2) is 4.79 Å². The van der Waals surface area contributed by atoms with Crippen LogP contribution in [0.2, 0.25) is 0 Å². The number of fused-ring (bicyclic) bond motifs is 1. The third-order valence-electron chi connectivity index (χ3n) is 11.3. The summed E-state index contributed by atoms with van der Waals surface area (Å²) in [6.07, 6.45) is 4.74. The maximum Gasteiger partial charge on any atom is 0.319 e. The van der Waals surface area contributed by atoms with Crippen LogP contribution in [0.15, 0.2) is 12.7 Å². The molecule has 2 saturated heterocycles. The van der Waals surface area contributed by atoms with Gasteiger partial charge in [-0.15, -0.1) is 6.58 Å². The van der Waals surface area contributed by atoms with E-state index in [2.05, 4.69) is 57.1 Å². The SMILES string of the molecule is C=CCNC(=O)C(=O)C(CC1CC1)NC(=O)[C@@H]1[C@@H]2[C@H](CN1C(=O)[C@@H](NC(=O)C[C@H](CN1CCCN(C)C1=O)C(C)(C)C)C(C)(C)C)C2(C)C. The van der Waals surface area contributed by atoms with Gasteiger partial charge in [-0.05, 0) is 52.8 Å². The van der Waals surface area contributed by atoms with E-state index >= 15 is 0 Å². The number of nitrogens with zero attached hydrogens (tertiary/aromatic N) is 3. The molecule has 3 N–H and O–H groups in total. The Morgan fingerprint density at radius 3 is 2.22 bits per heavy atom. The first-order valence-electron chi connectivity index (χ1n) is 18.0. The van der Waals surface area contributed by atoms with Crippen molar-refractivity contribution in [3.63, 3.8) is 0 Å². The highest BCUT2D eigenvalue weighted by atomic mass is 16.2. The summed E-state index contributed by atoms with van der Waals surface area (Å²) < 4.78 is 0. The van der Waals surface area contributed by atoms with Crippen LogP contribution < -0.4 is 16.0 Å². The molecule has 12 nitrogen and oxygen atoms in total. The highest BCUT2D eigenvalue weighted by molar-refractivity contribution is 6.38. The summed E-state index contributed by atoms with van der Waals surface area (Å²) in [7, 11) is 1.79. The van der Waals surface area contributed by atoms with Crippen LogP contribution in [-0.2, 0) is 24.0 Å². The fraction of sp³-hybridized carbons (Fsp3) is 0.784. The largest absolute Gasteiger partial charge is 0.346 e. The molecule has 2 aliphatic carbocycles. The van der Waals surface area contributed by atoms with Crippen molar-refractivity contribution in [2.24, 2.45) is 39.9 Å². The summed E-state index contributed by atoms with van der Waals surface area (Å²) >= 11 is 0. The van der Waals surface area contributed by atoms with E-state index in [-0.39, 0.29) is 65.3 Å². The third kappa shape index (κ3) is 8.84. The van der Waals surface area contributed by atoms with Gasteiger partial charge in [-0.3, -0.25) is 24.0 Å². The second-order valence-corrected chi connectivity index (χ2v) is 17.6. The van der Waals surface area contributed by atoms with Crippen molar-refractivity contribution in [1.82, 2.24) is 30.7 Å². The molecule has 2 heterocycles. The van der Waals surface area contributed by atoms with Crippen LogP contribution in [0.4, 0.5) is 4.79 Å². The number of hydrogen-bond acceptors (Lipinski definition) is 6. The highest BCUT2D eigenvalue weighted by Crippen LogP contribution is 2.65. The molecule has 1 unspecified atom stereocenters. The van der Waals surface area contributed by atoms with E-state index in [1.54, 1.807) is 16.8 Å². The quantitative estimate of drug-likeness (QED) is 0.189. The van der Waals surface area contributed by atoms with Crippen molar-refractivity contribution in [2.45, 2.75) is 106 Å². The molecule has 4 aliphatic rings. The summed E-state index contributed by atoms with van der Waals surface area (Å²) in [4.78, 5) is 86.0. The Morgan fingerprint density at radius 1 is 1.00 bits per heavy atom. The molecule has 0 radical (unpaired) electrons. The minimum atomic E-state index is -0.985. The van der Waals surface area contributed by atoms with Gasteiger partial charge in [0, 0.05) is 46.2 Å². The first-order valence-corrected chi connectivity index (χ1v) is 18.0. The molecule has 274 valence electrons. The van der Waals surface area contributed by atoms with Crippen molar-refractivity contribution in [3.8, 4) is 0 Å². The summed E-state index contributed by atoms with van der Waals surface area (Å²) in [6.45, 7) is 21.9. The van der Waals surface area contributed by atoms with Crippen molar-refractivity contribution in [3.05, 3.63) is 12.7 Å². The van der Waals surface area contributed by atoms with Crippen LogP contribution in [-0.4, -0.2) is 108 Å². The predicted octanol–water partition coefficient (Wildman–Crippen LogP) is 2.97. The van der Waals surface area contributed by atoms with E-state index in [4.69, 9.17) is 0 Å². The number of rotatable bonds is 14. The minimum Gasteiger partial charge on any atom is -0.346 e. The Bertz CT molecular complexity index is 1330. The van der Waals surface area contributed by atoms with Crippen molar-refractivity contribution in [1.29, 1.82) is 0 Å². The van der Waals surface area contributed by atoms with Crippen LogP contribution in [0.1, 0.15) is 87.5 Å². The van der Waals surface area contributed by atoms with Crippen LogP contribution in [0.5, 0.6) is 0 Å². The third-order valence-corrected chi connectivity index (χ3v) is 11.3. The average molecular weight is 685 g/mol. The molecule has 49 heavy (non-hydrogen) atoms. The first kappa shape index (κ1) is 38.4. The van der Waals surface area contributed by atoms with E-state index in [0.717, 1.165) is 19.3 Å².